The Bertz CT molecular complexity index is 915. The molecule has 1 amide bonds. The zero-order valence-electron chi connectivity index (χ0n) is 14.1. The average molecular weight is 374 g/mol. The van der Waals surface area contributed by atoms with Crippen molar-refractivity contribution >= 4 is 17.5 Å². The highest BCUT2D eigenvalue weighted by molar-refractivity contribution is 6.31. The van der Waals surface area contributed by atoms with Crippen molar-refractivity contribution in [1.82, 2.24) is 25.5 Å². The van der Waals surface area contributed by atoms with Gasteiger partial charge < -0.3 is 14.8 Å². The van der Waals surface area contributed by atoms with Gasteiger partial charge in [0.2, 0.25) is 0 Å². The van der Waals surface area contributed by atoms with E-state index in [0.29, 0.717) is 27.8 Å². The summed E-state index contributed by atoms with van der Waals surface area (Å²) in [4.78, 5) is 12.7. The maximum Gasteiger partial charge on any atom is 0.253 e. The molecule has 0 unspecified atom stereocenters. The summed E-state index contributed by atoms with van der Waals surface area (Å²) < 4.78 is 12.1. The van der Waals surface area contributed by atoms with Crippen molar-refractivity contribution in [3.05, 3.63) is 58.9 Å². The van der Waals surface area contributed by atoms with Gasteiger partial charge in [-0.1, -0.05) is 23.7 Å². The Hall–Kier alpha value is -3.13. The summed E-state index contributed by atoms with van der Waals surface area (Å²) in [6.07, 6.45) is 1.41. The van der Waals surface area contributed by atoms with Crippen molar-refractivity contribution in [3.63, 3.8) is 0 Å². The first-order valence-corrected chi connectivity index (χ1v) is 8.02. The Labute approximate surface area is 154 Å². The third-order valence-corrected chi connectivity index (χ3v) is 3.96. The van der Waals surface area contributed by atoms with Crippen molar-refractivity contribution in [3.8, 4) is 17.2 Å². The van der Waals surface area contributed by atoms with E-state index in [1.54, 1.807) is 38.5 Å². The molecule has 0 saturated carbocycles. The van der Waals surface area contributed by atoms with E-state index in [1.807, 2.05) is 12.1 Å². The predicted octanol–water partition coefficient (Wildman–Crippen LogP) is 2.26. The largest absolute Gasteiger partial charge is 0.493 e. The summed E-state index contributed by atoms with van der Waals surface area (Å²) in [5.41, 5.74) is 1.66. The number of methoxy groups -OCH3 is 2. The Morgan fingerprint density at radius 3 is 2.77 bits per heavy atom. The highest BCUT2D eigenvalue weighted by atomic mass is 35.5. The molecule has 0 radical (unpaired) electrons. The van der Waals surface area contributed by atoms with Crippen LogP contribution in [0.2, 0.25) is 5.02 Å². The molecule has 1 aromatic heterocycles. The summed E-state index contributed by atoms with van der Waals surface area (Å²) in [7, 11) is 3.11. The fourth-order valence-electron chi connectivity index (χ4n) is 2.53. The van der Waals surface area contributed by atoms with Gasteiger partial charge in [-0.3, -0.25) is 4.79 Å². The molecule has 1 heterocycles. The lowest BCUT2D eigenvalue weighted by Gasteiger charge is -2.14. The second-order valence-corrected chi connectivity index (χ2v) is 5.69. The van der Waals surface area contributed by atoms with Crippen molar-refractivity contribution in [2.75, 3.05) is 14.2 Å². The number of nitrogens with one attached hydrogen (secondary N) is 1. The van der Waals surface area contributed by atoms with E-state index in [9.17, 15) is 4.79 Å². The maximum absolute atomic E-state index is 12.7. The third kappa shape index (κ3) is 3.60. The van der Waals surface area contributed by atoms with E-state index >= 15 is 0 Å². The number of rotatable bonds is 6. The minimum Gasteiger partial charge on any atom is -0.493 e. The lowest BCUT2D eigenvalue weighted by Crippen LogP contribution is -2.24. The fourth-order valence-corrected chi connectivity index (χ4v) is 2.70. The number of ether oxygens (including phenoxy) is 2. The maximum atomic E-state index is 12.7. The monoisotopic (exact) mass is 373 g/mol. The number of tetrazole rings is 1. The summed E-state index contributed by atoms with van der Waals surface area (Å²) in [6, 6.07) is 10.4. The van der Waals surface area contributed by atoms with Crippen LogP contribution in [0.5, 0.6) is 11.5 Å². The van der Waals surface area contributed by atoms with Gasteiger partial charge >= 0.3 is 0 Å². The quantitative estimate of drug-likeness (QED) is 0.712. The standard InChI is InChI=1S/C17H16ClN5O3/c1-25-15-5-3-4-11(16(15)26-2)9-19-17(24)13-8-12(18)6-7-14(13)23-10-20-21-22-23/h3-8,10H,9H2,1-2H3,(H,19,24). The van der Waals surface area contributed by atoms with Crippen LogP contribution in [0.3, 0.4) is 0 Å². The Morgan fingerprint density at radius 2 is 2.08 bits per heavy atom. The number of carbonyl (C=O) groups is 1. The minimum atomic E-state index is -0.317. The number of carbonyl (C=O) groups excluding carboxylic acids is 1. The number of para-hydroxylation sites is 1. The van der Waals surface area contributed by atoms with E-state index < -0.39 is 0 Å². The molecule has 0 saturated heterocycles. The molecule has 0 aliphatic heterocycles. The summed E-state index contributed by atoms with van der Waals surface area (Å²) in [5.74, 6) is 0.848. The normalized spacial score (nSPS) is 10.4. The zero-order chi connectivity index (χ0) is 18.5. The molecule has 134 valence electrons. The lowest BCUT2D eigenvalue weighted by atomic mass is 10.1. The molecule has 2 aromatic carbocycles. The van der Waals surface area contributed by atoms with Crippen LogP contribution >= 0.6 is 11.6 Å². The number of hydrogen-bond acceptors (Lipinski definition) is 6. The van der Waals surface area contributed by atoms with Crippen LogP contribution in [0.1, 0.15) is 15.9 Å². The minimum absolute atomic E-state index is 0.251. The van der Waals surface area contributed by atoms with Gasteiger partial charge in [-0.2, -0.15) is 4.68 Å². The number of amides is 1. The van der Waals surface area contributed by atoms with Gasteiger partial charge in [0.05, 0.1) is 25.5 Å². The van der Waals surface area contributed by atoms with Gasteiger partial charge in [-0.25, -0.2) is 0 Å². The molecule has 1 N–H and O–H groups in total. The number of halogens is 1. The molecule has 0 fully saturated rings. The first-order valence-electron chi connectivity index (χ1n) is 7.65. The van der Waals surface area contributed by atoms with Gasteiger partial charge in [-0.15, -0.1) is 5.10 Å². The Kier molecular flexibility index (Phi) is 5.33. The van der Waals surface area contributed by atoms with Crippen LogP contribution < -0.4 is 14.8 Å². The fraction of sp³-hybridized carbons (Fsp3) is 0.176. The van der Waals surface area contributed by atoms with Crippen LogP contribution in [-0.4, -0.2) is 40.3 Å². The highest BCUT2D eigenvalue weighted by Gasteiger charge is 2.16. The van der Waals surface area contributed by atoms with Crippen LogP contribution in [0, 0.1) is 0 Å². The Morgan fingerprint density at radius 1 is 1.23 bits per heavy atom. The van der Waals surface area contributed by atoms with E-state index in [2.05, 4.69) is 20.8 Å². The SMILES string of the molecule is COc1cccc(CNC(=O)c2cc(Cl)ccc2-n2cnnn2)c1OC. The van der Waals surface area contributed by atoms with Crippen LogP contribution in [0.15, 0.2) is 42.7 Å². The number of benzene rings is 2. The molecule has 3 aromatic rings. The van der Waals surface area contributed by atoms with E-state index in [4.69, 9.17) is 21.1 Å². The van der Waals surface area contributed by atoms with Crippen LogP contribution in [0.4, 0.5) is 0 Å². The molecule has 26 heavy (non-hydrogen) atoms. The number of nitrogens with zero attached hydrogens (tertiary/aromatic N) is 4. The molecule has 0 aliphatic rings. The summed E-state index contributed by atoms with van der Waals surface area (Å²) >= 11 is 6.05. The van der Waals surface area contributed by atoms with Gasteiger partial charge in [0.15, 0.2) is 11.5 Å². The topological polar surface area (TPSA) is 91.2 Å². The Balaban J connectivity index is 1.85. The van der Waals surface area contributed by atoms with E-state index in [0.717, 1.165) is 5.56 Å². The second kappa shape index (κ2) is 7.83. The average Bonchev–Trinajstić information content (AvgIpc) is 3.20. The molecule has 3 rings (SSSR count). The van der Waals surface area contributed by atoms with Gasteiger partial charge in [0, 0.05) is 17.1 Å². The molecule has 0 aliphatic carbocycles. The van der Waals surface area contributed by atoms with Crippen LogP contribution in [-0.2, 0) is 6.54 Å². The van der Waals surface area contributed by atoms with Crippen LogP contribution in [0.25, 0.3) is 5.69 Å². The predicted molar refractivity (Wildman–Crippen MR) is 94.9 cm³/mol. The first kappa shape index (κ1) is 17.7. The van der Waals surface area contributed by atoms with E-state index in [-0.39, 0.29) is 12.5 Å². The molecule has 8 nitrogen and oxygen atoms in total. The number of hydrogen-bond donors (Lipinski definition) is 1. The second-order valence-electron chi connectivity index (χ2n) is 5.25. The highest BCUT2D eigenvalue weighted by Crippen LogP contribution is 2.30. The van der Waals surface area contributed by atoms with Crippen molar-refractivity contribution in [1.29, 1.82) is 0 Å². The first-order chi connectivity index (χ1) is 12.6. The van der Waals surface area contributed by atoms with Gasteiger partial charge in [0.1, 0.15) is 6.33 Å². The van der Waals surface area contributed by atoms with Gasteiger partial charge in [-0.05, 0) is 34.7 Å². The molecule has 0 atom stereocenters. The van der Waals surface area contributed by atoms with Crippen molar-refractivity contribution in [2.24, 2.45) is 0 Å². The van der Waals surface area contributed by atoms with Gasteiger partial charge in [0.25, 0.3) is 5.91 Å². The van der Waals surface area contributed by atoms with E-state index in [1.165, 1.54) is 11.0 Å². The summed E-state index contributed by atoms with van der Waals surface area (Å²) in [6.45, 7) is 0.251. The smallest absolute Gasteiger partial charge is 0.253 e. The van der Waals surface area contributed by atoms with Crippen molar-refractivity contribution < 1.29 is 14.3 Å². The lowest BCUT2D eigenvalue weighted by molar-refractivity contribution is 0.0950. The molecular weight excluding hydrogens is 358 g/mol. The zero-order valence-corrected chi connectivity index (χ0v) is 14.9. The third-order valence-electron chi connectivity index (χ3n) is 3.72. The van der Waals surface area contributed by atoms with Crippen molar-refractivity contribution in [2.45, 2.75) is 6.54 Å². The molecule has 0 bridgehead atoms. The summed E-state index contributed by atoms with van der Waals surface area (Å²) in [5, 5.41) is 14.3. The molecular formula is C17H16ClN5O3. The molecule has 0 spiro atoms. The number of aromatic nitrogens is 4. The molecule has 9 heteroatoms.